The van der Waals surface area contributed by atoms with E-state index in [4.69, 9.17) is 10.5 Å². The lowest BCUT2D eigenvalue weighted by molar-refractivity contribution is -0.144. The van der Waals surface area contributed by atoms with Crippen LogP contribution in [0.1, 0.15) is 39.0 Å². The topological polar surface area (TPSA) is 52.3 Å². The van der Waals surface area contributed by atoms with Crippen molar-refractivity contribution in [3.63, 3.8) is 0 Å². The Kier molecular flexibility index (Phi) is 4.22. The summed E-state index contributed by atoms with van der Waals surface area (Å²) in [6.07, 6.45) is 5.07. The van der Waals surface area contributed by atoms with Crippen LogP contribution < -0.4 is 5.73 Å². The standard InChI is InChI=1S/C10H19NO2/c1-2-13-10(12)7-8-5-3-4-6-9(8)11/h8-9H,2-7,11H2,1H3/t8-,9+/m1/s1. The maximum absolute atomic E-state index is 11.2. The number of hydrogen-bond acceptors (Lipinski definition) is 3. The largest absolute Gasteiger partial charge is 0.466 e. The summed E-state index contributed by atoms with van der Waals surface area (Å²) >= 11 is 0. The molecular weight excluding hydrogens is 166 g/mol. The van der Waals surface area contributed by atoms with E-state index in [1.165, 1.54) is 12.8 Å². The second-order valence-electron chi connectivity index (χ2n) is 3.72. The Labute approximate surface area is 79.6 Å². The van der Waals surface area contributed by atoms with E-state index in [0.29, 0.717) is 18.9 Å². The second-order valence-corrected chi connectivity index (χ2v) is 3.72. The predicted octanol–water partition coefficient (Wildman–Crippen LogP) is 1.46. The van der Waals surface area contributed by atoms with Crippen LogP contribution in [0, 0.1) is 5.92 Å². The van der Waals surface area contributed by atoms with Gasteiger partial charge in [-0.05, 0) is 25.7 Å². The summed E-state index contributed by atoms with van der Waals surface area (Å²) in [5.74, 6) is 0.262. The van der Waals surface area contributed by atoms with Gasteiger partial charge in [0.05, 0.1) is 6.61 Å². The van der Waals surface area contributed by atoms with E-state index in [9.17, 15) is 4.79 Å². The first kappa shape index (κ1) is 10.5. The fraction of sp³-hybridized carbons (Fsp3) is 0.900. The normalized spacial score (nSPS) is 28.5. The Hall–Kier alpha value is -0.570. The van der Waals surface area contributed by atoms with Gasteiger partial charge in [0.25, 0.3) is 0 Å². The number of carbonyl (C=O) groups is 1. The average molecular weight is 185 g/mol. The van der Waals surface area contributed by atoms with Crippen molar-refractivity contribution >= 4 is 5.97 Å². The molecule has 0 aromatic heterocycles. The lowest BCUT2D eigenvalue weighted by Gasteiger charge is -2.27. The van der Waals surface area contributed by atoms with Crippen LogP contribution in [0.4, 0.5) is 0 Å². The summed E-state index contributed by atoms with van der Waals surface area (Å²) in [4.78, 5) is 11.2. The number of ether oxygens (including phenoxy) is 1. The molecule has 0 saturated heterocycles. The van der Waals surface area contributed by atoms with Crippen molar-refractivity contribution in [3.05, 3.63) is 0 Å². The Morgan fingerprint density at radius 2 is 2.15 bits per heavy atom. The van der Waals surface area contributed by atoms with E-state index in [0.717, 1.165) is 12.8 Å². The van der Waals surface area contributed by atoms with Gasteiger partial charge in [-0.2, -0.15) is 0 Å². The molecule has 1 saturated carbocycles. The van der Waals surface area contributed by atoms with E-state index in [1.54, 1.807) is 0 Å². The van der Waals surface area contributed by atoms with Gasteiger partial charge in [-0.3, -0.25) is 4.79 Å². The van der Waals surface area contributed by atoms with Crippen LogP contribution in [0.3, 0.4) is 0 Å². The quantitative estimate of drug-likeness (QED) is 0.677. The molecule has 0 aromatic rings. The number of nitrogens with two attached hydrogens (primary N) is 1. The maximum atomic E-state index is 11.2. The van der Waals surface area contributed by atoms with Crippen LogP contribution >= 0.6 is 0 Å². The van der Waals surface area contributed by atoms with Crippen LogP contribution in [0.5, 0.6) is 0 Å². The minimum Gasteiger partial charge on any atom is -0.466 e. The molecule has 76 valence electrons. The number of esters is 1. The molecule has 0 heterocycles. The molecule has 13 heavy (non-hydrogen) atoms. The molecule has 1 fully saturated rings. The molecule has 0 spiro atoms. The van der Waals surface area contributed by atoms with Gasteiger partial charge in [-0.15, -0.1) is 0 Å². The third-order valence-electron chi connectivity index (χ3n) is 2.70. The Bertz CT molecular complexity index is 170. The Morgan fingerprint density at radius 1 is 1.46 bits per heavy atom. The zero-order valence-corrected chi connectivity index (χ0v) is 8.29. The zero-order chi connectivity index (χ0) is 9.68. The van der Waals surface area contributed by atoms with Gasteiger partial charge in [0.15, 0.2) is 0 Å². The molecule has 3 nitrogen and oxygen atoms in total. The van der Waals surface area contributed by atoms with Gasteiger partial charge in [0.2, 0.25) is 0 Å². The van der Waals surface area contributed by atoms with E-state index in [2.05, 4.69) is 0 Å². The van der Waals surface area contributed by atoms with Gasteiger partial charge < -0.3 is 10.5 Å². The first-order chi connectivity index (χ1) is 6.24. The average Bonchev–Trinajstić information content (AvgIpc) is 2.09. The van der Waals surface area contributed by atoms with Crippen molar-refractivity contribution < 1.29 is 9.53 Å². The molecule has 0 aliphatic heterocycles. The third kappa shape index (κ3) is 3.35. The summed E-state index contributed by atoms with van der Waals surface area (Å²) in [6, 6.07) is 0.207. The van der Waals surface area contributed by atoms with Crippen LogP contribution in [0.25, 0.3) is 0 Å². The molecule has 1 aliphatic carbocycles. The van der Waals surface area contributed by atoms with Crippen LogP contribution in [-0.4, -0.2) is 18.6 Å². The van der Waals surface area contributed by atoms with Gasteiger partial charge >= 0.3 is 5.97 Å². The fourth-order valence-corrected chi connectivity index (χ4v) is 1.92. The zero-order valence-electron chi connectivity index (χ0n) is 8.29. The second kappa shape index (κ2) is 5.22. The molecule has 0 bridgehead atoms. The van der Waals surface area contributed by atoms with Gasteiger partial charge in [0.1, 0.15) is 0 Å². The molecule has 0 unspecified atom stereocenters. The lowest BCUT2D eigenvalue weighted by atomic mass is 9.83. The molecule has 1 rings (SSSR count). The highest BCUT2D eigenvalue weighted by atomic mass is 16.5. The van der Waals surface area contributed by atoms with Crippen molar-refractivity contribution in [3.8, 4) is 0 Å². The van der Waals surface area contributed by atoms with Crippen molar-refractivity contribution in [2.45, 2.75) is 45.1 Å². The summed E-state index contributed by atoms with van der Waals surface area (Å²) in [6.45, 7) is 2.31. The minimum absolute atomic E-state index is 0.0927. The van der Waals surface area contributed by atoms with Crippen LogP contribution in [0.15, 0.2) is 0 Å². The molecule has 0 amide bonds. The highest BCUT2D eigenvalue weighted by molar-refractivity contribution is 5.69. The van der Waals surface area contributed by atoms with E-state index >= 15 is 0 Å². The summed E-state index contributed by atoms with van der Waals surface area (Å²) in [5.41, 5.74) is 5.92. The van der Waals surface area contributed by atoms with Crippen molar-refractivity contribution in [1.82, 2.24) is 0 Å². The van der Waals surface area contributed by atoms with Gasteiger partial charge in [0, 0.05) is 12.5 Å². The highest BCUT2D eigenvalue weighted by Crippen LogP contribution is 2.25. The Balaban J connectivity index is 2.29. The SMILES string of the molecule is CCOC(=O)C[C@H]1CCCC[C@@H]1N. The maximum Gasteiger partial charge on any atom is 0.306 e. The molecule has 1 aliphatic rings. The van der Waals surface area contributed by atoms with Crippen molar-refractivity contribution in [1.29, 1.82) is 0 Å². The summed E-state index contributed by atoms with van der Waals surface area (Å²) in [5, 5.41) is 0. The van der Waals surface area contributed by atoms with E-state index < -0.39 is 0 Å². The number of rotatable bonds is 3. The summed E-state index contributed by atoms with van der Waals surface area (Å²) in [7, 11) is 0. The minimum atomic E-state index is -0.0927. The fourth-order valence-electron chi connectivity index (χ4n) is 1.92. The van der Waals surface area contributed by atoms with Gasteiger partial charge in [-0.25, -0.2) is 0 Å². The van der Waals surface area contributed by atoms with Crippen molar-refractivity contribution in [2.24, 2.45) is 11.7 Å². The number of carbonyl (C=O) groups excluding carboxylic acids is 1. The smallest absolute Gasteiger partial charge is 0.306 e. The molecule has 2 N–H and O–H groups in total. The first-order valence-electron chi connectivity index (χ1n) is 5.15. The van der Waals surface area contributed by atoms with Crippen LogP contribution in [-0.2, 0) is 9.53 Å². The summed E-state index contributed by atoms with van der Waals surface area (Å²) < 4.78 is 4.90. The van der Waals surface area contributed by atoms with Crippen LogP contribution in [0.2, 0.25) is 0 Å². The van der Waals surface area contributed by atoms with Gasteiger partial charge in [-0.1, -0.05) is 12.8 Å². The highest BCUT2D eigenvalue weighted by Gasteiger charge is 2.24. The predicted molar refractivity (Wildman–Crippen MR) is 51.2 cm³/mol. The monoisotopic (exact) mass is 185 g/mol. The molecular formula is C10H19NO2. The number of hydrogen-bond donors (Lipinski definition) is 1. The lowest BCUT2D eigenvalue weighted by Crippen LogP contribution is -2.34. The third-order valence-corrected chi connectivity index (χ3v) is 2.70. The Morgan fingerprint density at radius 3 is 2.77 bits per heavy atom. The molecule has 0 radical (unpaired) electrons. The van der Waals surface area contributed by atoms with E-state index in [1.807, 2.05) is 6.92 Å². The van der Waals surface area contributed by atoms with Crippen molar-refractivity contribution in [2.75, 3.05) is 6.61 Å². The van der Waals surface area contributed by atoms with E-state index in [-0.39, 0.29) is 12.0 Å². The first-order valence-corrected chi connectivity index (χ1v) is 5.15. The molecule has 2 atom stereocenters. The molecule has 0 aromatic carbocycles. The molecule has 3 heteroatoms.